The van der Waals surface area contributed by atoms with Gasteiger partial charge >= 0.3 is 5.97 Å². The Kier molecular flexibility index (Phi) is 4.42. The van der Waals surface area contributed by atoms with E-state index in [0.717, 1.165) is 5.56 Å². The molecule has 120 valence electrons. The Hall–Kier alpha value is -1.51. The van der Waals surface area contributed by atoms with Crippen LogP contribution in [0.3, 0.4) is 0 Å². The Balaban J connectivity index is 1.49. The summed E-state index contributed by atoms with van der Waals surface area (Å²) in [5, 5.41) is 20.0. The van der Waals surface area contributed by atoms with Crippen molar-refractivity contribution in [1.82, 2.24) is 0 Å². The van der Waals surface area contributed by atoms with Crippen molar-refractivity contribution in [3.8, 4) is 0 Å². The Morgan fingerprint density at radius 2 is 2.05 bits per heavy atom. The van der Waals surface area contributed by atoms with E-state index in [1.54, 1.807) is 0 Å². The van der Waals surface area contributed by atoms with E-state index in [1.165, 1.54) is 0 Å². The summed E-state index contributed by atoms with van der Waals surface area (Å²) in [5.41, 5.74) is -1.06. The molecule has 3 unspecified atom stereocenters. The minimum absolute atomic E-state index is 0.0119. The van der Waals surface area contributed by atoms with Gasteiger partial charge in [0.2, 0.25) is 5.60 Å². The van der Waals surface area contributed by atoms with Gasteiger partial charge in [0.1, 0.15) is 18.8 Å². The van der Waals surface area contributed by atoms with Crippen LogP contribution in [0.15, 0.2) is 30.3 Å². The molecule has 2 aliphatic rings. The number of aliphatic hydroxyl groups excluding tert-OH is 1. The van der Waals surface area contributed by atoms with Gasteiger partial charge < -0.3 is 29.2 Å². The molecule has 0 spiro atoms. The maximum Gasteiger partial charge on any atom is 0.344 e. The van der Waals surface area contributed by atoms with Crippen LogP contribution >= 0.6 is 0 Å². The monoisotopic (exact) mass is 310 g/mol. The van der Waals surface area contributed by atoms with Crippen LogP contribution in [-0.4, -0.2) is 60.1 Å². The predicted molar refractivity (Wildman–Crippen MR) is 72.6 cm³/mol. The average molecular weight is 310 g/mol. The number of rotatable bonds is 5. The smallest absolute Gasteiger partial charge is 0.344 e. The molecule has 4 atom stereocenters. The van der Waals surface area contributed by atoms with Gasteiger partial charge in [0.15, 0.2) is 6.29 Å². The number of aliphatic hydroxyl groups is 2. The van der Waals surface area contributed by atoms with Crippen molar-refractivity contribution in [3.63, 3.8) is 0 Å². The summed E-state index contributed by atoms with van der Waals surface area (Å²) < 4.78 is 21.0. The number of carbonyl (C=O) groups excluding carboxylic acids is 1. The fourth-order valence-corrected chi connectivity index (χ4v) is 2.50. The van der Waals surface area contributed by atoms with Gasteiger partial charge in [-0.2, -0.15) is 0 Å². The second-order valence-corrected chi connectivity index (χ2v) is 5.33. The fourth-order valence-electron chi connectivity index (χ4n) is 2.50. The summed E-state index contributed by atoms with van der Waals surface area (Å²) in [5.74, 6) is -0.889. The van der Waals surface area contributed by atoms with Crippen molar-refractivity contribution in [1.29, 1.82) is 0 Å². The Bertz CT molecular complexity index is 520. The second-order valence-electron chi connectivity index (χ2n) is 5.33. The van der Waals surface area contributed by atoms with Crippen LogP contribution in [0.25, 0.3) is 0 Å². The fraction of sp³-hybridized carbons (Fsp3) is 0.533. The van der Waals surface area contributed by atoms with E-state index >= 15 is 0 Å². The van der Waals surface area contributed by atoms with Crippen molar-refractivity contribution >= 4 is 5.97 Å². The third-order valence-electron chi connectivity index (χ3n) is 3.81. The van der Waals surface area contributed by atoms with E-state index in [2.05, 4.69) is 4.74 Å². The lowest BCUT2D eigenvalue weighted by Crippen LogP contribution is -2.55. The van der Waals surface area contributed by atoms with Crippen molar-refractivity contribution in [2.24, 2.45) is 0 Å². The van der Waals surface area contributed by atoms with Crippen LogP contribution in [0, 0.1) is 0 Å². The normalized spacial score (nSPS) is 34.8. The Morgan fingerprint density at radius 1 is 1.27 bits per heavy atom. The summed E-state index contributed by atoms with van der Waals surface area (Å²) in [6.07, 6.45) is -2.99. The number of hydrogen-bond acceptors (Lipinski definition) is 7. The minimum atomic E-state index is -2.08. The van der Waals surface area contributed by atoms with Crippen molar-refractivity contribution < 1.29 is 34.0 Å². The van der Waals surface area contributed by atoms with Gasteiger partial charge in [0.05, 0.1) is 19.8 Å². The van der Waals surface area contributed by atoms with Gasteiger partial charge in [-0.3, -0.25) is 0 Å². The van der Waals surface area contributed by atoms with Gasteiger partial charge in [-0.05, 0) is 5.56 Å². The standard InChI is InChI=1S/C15H18O7/c16-11-7-21-14(17)15(11,18)12-8-20-13(22-12)9-19-6-10-4-2-1-3-5-10/h1-5,11-13,16,18H,6-9H2/t11?,12-,13?,15?/m0/s1. The quantitative estimate of drug-likeness (QED) is 0.714. The maximum atomic E-state index is 11.6. The molecule has 22 heavy (non-hydrogen) atoms. The first kappa shape index (κ1) is 15.4. The summed E-state index contributed by atoms with van der Waals surface area (Å²) in [6, 6.07) is 9.63. The summed E-state index contributed by atoms with van der Waals surface area (Å²) >= 11 is 0. The highest BCUT2D eigenvalue weighted by Crippen LogP contribution is 2.31. The summed E-state index contributed by atoms with van der Waals surface area (Å²) in [4.78, 5) is 11.6. The molecule has 2 heterocycles. The molecule has 1 aromatic rings. The molecule has 2 fully saturated rings. The van der Waals surface area contributed by atoms with Crippen molar-refractivity contribution in [2.75, 3.05) is 19.8 Å². The van der Waals surface area contributed by atoms with Crippen LogP contribution in [0.4, 0.5) is 0 Å². The van der Waals surface area contributed by atoms with Crippen LogP contribution in [-0.2, 0) is 30.3 Å². The van der Waals surface area contributed by atoms with E-state index < -0.39 is 30.1 Å². The van der Waals surface area contributed by atoms with Gasteiger partial charge in [-0.15, -0.1) is 0 Å². The molecular weight excluding hydrogens is 292 g/mol. The SMILES string of the molecule is O=C1OCC(O)C1(O)[C@@H]1COC(COCc2ccccc2)O1. The van der Waals surface area contributed by atoms with Crippen LogP contribution in [0.1, 0.15) is 5.56 Å². The zero-order chi connectivity index (χ0) is 15.6. The molecule has 1 aromatic carbocycles. The van der Waals surface area contributed by atoms with Gasteiger partial charge in [0, 0.05) is 0 Å². The number of cyclic esters (lactones) is 1. The highest BCUT2D eigenvalue weighted by atomic mass is 16.7. The molecule has 0 aromatic heterocycles. The highest BCUT2D eigenvalue weighted by molar-refractivity contribution is 5.83. The first-order valence-corrected chi connectivity index (χ1v) is 7.07. The lowest BCUT2D eigenvalue weighted by molar-refractivity contribution is -0.180. The molecule has 2 aliphatic heterocycles. The van der Waals surface area contributed by atoms with E-state index in [1.807, 2.05) is 30.3 Å². The molecule has 0 amide bonds. The van der Waals surface area contributed by atoms with E-state index in [-0.39, 0.29) is 19.8 Å². The summed E-state index contributed by atoms with van der Waals surface area (Å²) in [7, 11) is 0. The van der Waals surface area contributed by atoms with Crippen LogP contribution < -0.4 is 0 Å². The first-order valence-electron chi connectivity index (χ1n) is 7.07. The molecule has 2 saturated heterocycles. The van der Waals surface area contributed by atoms with Crippen LogP contribution in [0.5, 0.6) is 0 Å². The van der Waals surface area contributed by atoms with Gasteiger partial charge in [0.25, 0.3) is 0 Å². The topological polar surface area (TPSA) is 94.5 Å². The number of ether oxygens (including phenoxy) is 4. The van der Waals surface area contributed by atoms with E-state index in [4.69, 9.17) is 14.2 Å². The zero-order valence-corrected chi connectivity index (χ0v) is 11.9. The van der Waals surface area contributed by atoms with E-state index in [0.29, 0.717) is 6.61 Å². The minimum Gasteiger partial charge on any atom is -0.461 e. The molecule has 3 rings (SSSR count). The highest BCUT2D eigenvalue weighted by Gasteiger charge is 2.59. The molecule has 7 heteroatoms. The molecular formula is C15H18O7. The molecule has 0 aliphatic carbocycles. The third-order valence-corrected chi connectivity index (χ3v) is 3.81. The Morgan fingerprint density at radius 3 is 2.73 bits per heavy atom. The van der Waals surface area contributed by atoms with Gasteiger partial charge in [-0.25, -0.2) is 4.79 Å². The zero-order valence-electron chi connectivity index (χ0n) is 11.9. The Labute approximate surface area is 127 Å². The third kappa shape index (κ3) is 2.86. The molecule has 0 saturated carbocycles. The molecule has 2 N–H and O–H groups in total. The summed E-state index contributed by atoms with van der Waals surface area (Å²) in [6.45, 7) is 0.308. The molecule has 0 radical (unpaired) electrons. The number of esters is 1. The average Bonchev–Trinajstić information content (AvgIpc) is 3.10. The van der Waals surface area contributed by atoms with Crippen molar-refractivity contribution in [3.05, 3.63) is 35.9 Å². The number of benzene rings is 1. The first-order chi connectivity index (χ1) is 10.6. The second kappa shape index (κ2) is 6.31. The van der Waals surface area contributed by atoms with Crippen molar-refractivity contribution in [2.45, 2.75) is 30.7 Å². The molecule has 7 nitrogen and oxygen atoms in total. The predicted octanol–water partition coefficient (Wildman–Crippen LogP) is -0.406. The van der Waals surface area contributed by atoms with Gasteiger partial charge in [-0.1, -0.05) is 30.3 Å². The van der Waals surface area contributed by atoms with E-state index in [9.17, 15) is 15.0 Å². The number of hydrogen-bond donors (Lipinski definition) is 2. The lowest BCUT2D eigenvalue weighted by Gasteiger charge is -2.26. The lowest BCUT2D eigenvalue weighted by atomic mass is 9.93. The molecule has 0 bridgehead atoms. The largest absolute Gasteiger partial charge is 0.461 e. The number of carbonyl (C=O) groups is 1. The van der Waals surface area contributed by atoms with Crippen LogP contribution in [0.2, 0.25) is 0 Å². The maximum absolute atomic E-state index is 11.6.